The molecule has 1 atom stereocenters. The Hall–Kier alpha value is -2.64. The Morgan fingerprint density at radius 2 is 1.75 bits per heavy atom. The van der Waals surface area contributed by atoms with Crippen LogP contribution in [0.1, 0.15) is 11.1 Å². The van der Waals surface area contributed by atoms with Crippen LogP contribution < -0.4 is 14.3 Å². The van der Waals surface area contributed by atoms with Crippen LogP contribution >= 0.6 is 9.24 Å². The molecule has 1 unspecified atom stereocenters. The Labute approximate surface area is 185 Å². The van der Waals surface area contributed by atoms with Gasteiger partial charge in [-0.05, 0) is 66.1 Å². The van der Waals surface area contributed by atoms with Crippen LogP contribution in [0.2, 0.25) is 0 Å². The van der Waals surface area contributed by atoms with Crippen molar-refractivity contribution in [3.63, 3.8) is 0 Å². The Morgan fingerprint density at radius 1 is 1.03 bits per heavy atom. The molecule has 4 nitrogen and oxygen atoms in total. The average molecular weight is 483 g/mol. The second kappa shape index (κ2) is 8.05. The number of aryl methyl sites for hydroxylation is 1. The van der Waals surface area contributed by atoms with Crippen LogP contribution in [0.3, 0.4) is 0 Å². The Bertz CT molecular complexity index is 1290. The van der Waals surface area contributed by atoms with Gasteiger partial charge in [-0.15, -0.1) is 9.24 Å². The number of anilines is 1. The van der Waals surface area contributed by atoms with E-state index >= 15 is 0 Å². The van der Waals surface area contributed by atoms with Crippen molar-refractivity contribution in [2.75, 3.05) is 17.5 Å². The first-order chi connectivity index (χ1) is 15.0. The molecule has 0 amide bonds. The van der Waals surface area contributed by atoms with Gasteiger partial charge in [-0.25, -0.2) is 12.8 Å². The van der Waals surface area contributed by atoms with Gasteiger partial charge in [-0.3, -0.25) is 4.31 Å². The molecule has 3 aromatic carbocycles. The summed E-state index contributed by atoms with van der Waals surface area (Å²) in [5.74, 6) is -0.151. The third kappa shape index (κ3) is 4.19. The Balaban J connectivity index is 1.85. The summed E-state index contributed by atoms with van der Waals surface area (Å²) in [6.45, 7) is 1.69. The highest BCUT2D eigenvalue weighted by Gasteiger charge is 2.35. The van der Waals surface area contributed by atoms with Gasteiger partial charge < -0.3 is 4.74 Å². The summed E-state index contributed by atoms with van der Waals surface area (Å²) >= 11 is 0. The lowest BCUT2D eigenvalue weighted by Gasteiger charge is -2.32. The molecule has 10 heteroatoms. The third-order valence-corrected chi connectivity index (χ3v) is 7.27. The van der Waals surface area contributed by atoms with Crippen molar-refractivity contribution in [1.29, 1.82) is 0 Å². The zero-order valence-electron chi connectivity index (χ0n) is 16.8. The predicted octanol–water partition coefficient (Wildman–Crippen LogP) is 4.91. The highest BCUT2D eigenvalue weighted by atomic mass is 32.2. The second-order valence-electron chi connectivity index (χ2n) is 7.38. The van der Waals surface area contributed by atoms with Gasteiger partial charge in [-0.2, -0.15) is 13.2 Å². The minimum Gasteiger partial charge on any atom is -0.489 e. The van der Waals surface area contributed by atoms with Gasteiger partial charge in [0.05, 0.1) is 22.7 Å². The Kier molecular flexibility index (Phi) is 5.67. The number of hydrogen-bond acceptors (Lipinski definition) is 3. The van der Waals surface area contributed by atoms with Gasteiger partial charge in [-0.1, -0.05) is 12.1 Å². The highest BCUT2D eigenvalue weighted by molar-refractivity contribution is 7.92. The minimum atomic E-state index is -4.68. The van der Waals surface area contributed by atoms with Crippen molar-refractivity contribution in [2.45, 2.75) is 18.0 Å². The molecule has 0 aromatic heterocycles. The van der Waals surface area contributed by atoms with E-state index in [0.29, 0.717) is 28.1 Å². The quantitative estimate of drug-likeness (QED) is 0.393. The maximum absolute atomic E-state index is 13.9. The maximum atomic E-state index is 13.9. The van der Waals surface area contributed by atoms with Gasteiger partial charge in [0, 0.05) is 5.30 Å². The molecule has 0 N–H and O–H groups in total. The molecule has 32 heavy (non-hydrogen) atoms. The highest BCUT2D eigenvalue weighted by Crippen LogP contribution is 2.39. The molecule has 0 saturated heterocycles. The normalized spacial score (nSPS) is 14.1. The number of rotatable bonds is 3. The van der Waals surface area contributed by atoms with Gasteiger partial charge in [0.2, 0.25) is 0 Å². The summed E-state index contributed by atoms with van der Waals surface area (Å²) in [7, 11) is -1.86. The van der Waals surface area contributed by atoms with E-state index in [2.05, 4.69) is 9.24 Å². The monoisotopic (exact) mass is 483 g/mol. The van der Waals surface area contributed by atoms with Crippen LogP contribution in [0.5, 0.6) is 5.75 Å². The molecule has 0 fully saturated rings. The molecule has 4 rings (SSSR count). The van der Waals surface area contributed by atoms with Crippen LogP contribution in [-0.2, 0) is 16.2 Å². The first kappa shape index (κ1) is 22.6. The van der Waals surface area contributed by atoms with Crippen molar-refractivity contribution in [3.8, 4) is 16.9 Å². The zero-order valence-corrected chi connectivity index (χ0v) is 18.8. The van der Waals surface area contributed by atoms with Gasteiger partial charge in [0.25, 0.3) is 10.0 Å². The molecule has 0 saturated carbocycles. The summed E-state index contributed by atoms with van der Waals surface area (Å²) in [5.41, 5.74) is 0.899. The topological polar surface area (TPSA) is 46.6 Å². The standard InChI is InChI=1S/C22H18F4NO3PS/c1-13-7-14(9-17(23)8-13)15-10-19-21(20(31)11-15)30-6-5-27(19)32(28,29)18-4-2-3-16(12-18)22(24,25)26/h2-4,7-12H,5-6,31H2,1H3. The van der Waals surface area contributed by atoms with Gasteiger partial charge in [0.1, 0.15) is 12.4 Å². The predicted molar refractivity (Wildman–Crippen MR) is 117 cm³/mol. The van der Waals surface area contributed by atoms with Crippen LogP contribution in [0.25, 0.3) is 11.1 Å². The van der Waals surface area contributed by atoms with E-state index in [9.17, 15) is 26.0 Å². The lowest BCUT2D eigenvalue weighted by Crippen LogP contribution is -2.39. The average Bonchev–Trinajstić information content (AvgIpc) is 2.72. The number of fused-ring (bicyclic) bond motifs is 1. The zero-order chi connectivity index (χ0) is 23.3. The minimum absolute atomic E-state index is 0.0327. The molecule has 0 aliphatic carbocycles. The van der Waals surface area contributed by atoms with Crippen LogP contribution in [0.4, 0.5) is 23.2 Å². The van der Waals surface area contributed by atoms with E-state index in [0.717, 1.165) is 22.5 Å². The molecular weight excluding hydrogens is 465 g/mol. The lowest BCUT2D eigenvalue weighted by atomic mass is 10.0. The molecule has 1 heterocycles. The largest absolute Gasteiger partial charge is 0.489 e. The number of benzene rings is 3. The summed E-state index contributed by atoms with van der Waals surface area (Å²) in [6, 6.07) is 11.3. The number of alkyl halides is 3. The second-order valence-corrected chi connectivity index (χ2v) is 9.87. The first-order valence-corrected chi connectivity index (χ1v) is 11.5. The molecule has 3 aromatic rings. The molecule has 0 radical (unpaired) electrons. The first-order valence-electron chi connectivity index (χ1n) is 9.51. The van der Waals surface area contributed by atoms with E-state index in [1.807, 2.05) is 0 Å². The van der Waals surface area contributed by atoms with Gasteiger partial charge >= 0.3 is 6.18 Å². The van der Waals surface area contributed by atoms with Crippen LogP contribution in [-0.4, -0.2) is 21.6 Å². The molecule has 168 valence electrons. The smallest absolute Gasteiger partial charge is 0.416 e. The number of sulfonamides is 1. The van der Waals surface area contributed by atoms with Crippen LogP contribution in [0.15, 0.2) is 59.5 Å². The van der Waals surface area contributed by atoms with Crippen molar-refractivity contribution in [3.05, 3.63) is 71.5 Å². The number of ether oxygens (including phenoxy) is 1. The summed E-state index contributed by atoms with van der Waals surface area (Å²) in [4.78, 5) is -0.475. The fourth-order valence-electron chi connectivity index (χ4n) is 3.61. The Morgan fingerprint density at radius 3 is 2.44 bits per heavy atom. The van der Waals surface area contributed by atoms with E-state index in [-0.39, 0.29) is 24.6 Å². The van der Waals surface area contributed by atoms with E-state index in [4.69, 9.17) is 4.74 Å². The summed E-state index contributed by atoms with van der Waals surface area (Å²) in [5, 5.41) is 0.545. The van der Waals surface area contributed by atoms with E-state index in [1.165, 1.54) is 12.1 Å². The molecule has 0 bridgehead atoms. The SMILES string of the molecule is Cc1cc(F)cc(-c2cc(P)c3c(c2)N(S(=O)(=O)c2cccc(C(F)(F)F)c2)CCO3)c1. The van der Waals surface area contributed by atoms with E-state index in [1.54, 1.807) is 25.1 Å². The van der Waals surface area contributed by atoms with Gasteiger partial charge in [0.15, 0.2) is 5.75 Å². The van der Waals surface area contributed by atoms with Crippen LogP contribution in [0, 0.1) is 12.7 Å². The lowest BCUT2D eigenvalue weighted by molar-refractivity contribution is -0.137. The van der Waals surface area contributed by atoms with Crippen molar-refractivity contribution in [2.24, 2.45) is 0 Å². The molecular formula is C22H18F4NO3PS. The fourth-order valence-corrected chi connectivity index (χ4v) is 5.51. The van der Waals surface area contributed by atoms with Crippen molar-refractivity contribution >= 4 is 30.3 Å². The number of hydrogen-bond donors (Lipinski definition) is 0. The molecule has 1 aliphatic heterocycles. The number of nitrogens with zero attached hydrogens (tertiary/aromatic N) is 1. The molecule has 1 aliphatic rings. The fraction of sp³-hybridized carbons (Fsp3) is 0.182. The summed E-state index contributed by atoms with van der Waals surface area (Å²) in [6.07, 6.45) is -4.68. The third-order valence-electron chi connectivity index (χ3n) is 5.03. The van der Waals surface area contributed by atoms with E-state index < -0.39 is 32.5 Å². The number of halogens is 4. The van der Waals surface area contributed by atoms with Crippen molar-refractivity contribution in [1.82, 2.24) is 0 Å². The summed E-state index contributed by atoms with van der Waals surface area (Å²) < 4.78 is 86.7. The van der Waals surface area contributed by atoms with Crippen molar-refractivity contribution < 1.29 is 30.7 Å². The molecule has 0 spiro atoms. The maximum Gasteiger partial charge on any atom is 0.416 e.